The Bertz CT molecular complexity index is 919. The van der Waals surface area contributed by atoms with Crippen molar-refractivity contribution in [2.75, 3.05) is 13.1 Å². The zero-order valence-corrected chi connectivity index (χ0v) is 17.8. The van der Waals surface area contributed by atoms with E-state index < -0.39 is 0 Å². The number of carbonyl (C=O) groups excluding carboxylic acids is 2. The summed E-state index contributed by atoms with van der Waals surface area (Å²) < 4.78 is 2.02. The molecule has 2 heterocycles. The zero-order valence-electron chi connectivity index (χ0n) is 17.0. The van der Waals surface area contributed by atoms with Crippen molar-refractivity contribution in [1.29, 1.82) is 0 Å². The molecule has 0 unspecified atom stereocenters. The summed E-state index contributed by atoms with van der Waals surface area (Å²) >= 11 is 1.41. The van der Waals surface area contributed by atoms with Crippen LogP contribution >= 0.6 is 11.3 Å². The van der Waals surface area contributed by atoms with Crippen molar-refractivity contribution in [3.05, 3.63) is 82.3 Å². The molecular weight excluding hydrogens is 382 g/mol. The predicted octanol–water partition coefficient (Wildman–Crippen LogP) is 4.17. The Kier molecular flexibility index (Phi) is 7.25. The van der Waals surface area contributed by atoms with E-state index >= 15 is 0 Å². The fourth-order valence-corrected chi connectivity index (χ4v) is 3.92. The molecule has 0 fully saturated rings. The van der Waals surface area contributed by atoms with Gasteiger partial charge in [-0.2, -0.15) is 0 Å². The van der Waals surface area contributed by atoms with Gasteiger partial charge in [0.05, 0.1) is 11.4 Å². The Morgan fingerprint density at radius 1 is 0.966 bits per heavy atom. The van der Waals surface area contributed by atoms with E-state index in [1.54, 1.807) is 4.90 Å². The number of hydrogen-bond donors (Lipinski definition) is 0. The van der Waals surface area contributed by atoms with Crippen LogP contribution in [0, 0.1) is 0 Å². The molecule has 0 radical (unpaired) electrons. The van der Waals surface area contributed by atoms with Crippen LogP contribution in [0.3, 0.4) is 0 Å². The minimum absolute atomic E-state index is 0.0478. The average molecular weight is 410 g/mol. The molecule has 3 aromatic rings. The highest BCUT2D eigenvalue weighted by Crippen LogP contribution is 2.15. The number of thiophene rings is 1. The lowest BCUT2D eigenvalue weighted by atomic mass is 10.2. The second kappa shape index (κ2) is 10.1. The van der Waals surface area contributed by atoms with Crippen LogP contribution in [-0.2, 0) is 24.9 Å². The van der Waals surface area contributed by atoms with E-state index in [2.05, 4.69) is 0 Å². The van der Waals surface area contributed by atoms with Gasteiger partial charge in [-0.1, -0.05) is 43.3 Å². The van der Waals surface area contributed by atoms with Gasteiger partial charge in [-0.3, -0.25) is 9.59 Å². The Labute approximate surface area is 176 Å². The molecule has 0 saturated heterocycles. The fourth-order valence-electron chi connectivity index (χ4n) is 3.23. The van der Waals surface area contributed by atoms with Gasteiger partial charge in [0.25, 0.3) is 5.91 Å². The van der Waals surface area contributed by atoms with Crippen LogP contribution in [0.15, 0.2) is 66.2 Å². The number of carbonyl (C=O) groups is 2. The smallest absolute Gasteiger partial charge is 0.264 e. The van der Waals surface area contributed by atoms with Gasteiger partial charge in [0.1, 0.15) is 6.54 Å². The van der Waals surface area contributed by atoms with Gasteiger partial charge in [0.2, 0.25) is 5.91 Å². The SMILES string of the molecule is CCCN(CC(=O)N(Cc1ccccc1)Cc1cccn1C)C(=O)c1cccs1. The normalized spacial score (nSPS) is 10.7. The summed E-state index contributed by atoms with van der Waals surface area (Å²) in [5, 5.41) is 1.89. The molecule has 2 aromatic heterocycles. The standard InChI is InChI=1S/C23H27N3O2S/c1-3-13-25(23(28)21-12-8-15-29-21)18-22(27)26(16-19-9-5-4-6-10-19)17-20-11-7-14-24(20)2/h4-12,14-15H,3,13,16-18H2,1-2H3. The molecule has 0 saturated carbocycles. The van der Waals surface area contributed by atoms with E-state index in [0.29, 0.717) is 24.5 Å². The van der Waals surface area contributed by atoms with Crippen LogP contribution in [0.1, 0.15) is 34.3 Å². The predicted molar refractivity (Wildman–Crippen MR) is 117 cm³/mol. The van der Waals surface area contributed by atoms with E-state index in [1.165, 1.54) is 11.3 Å². The average Bonchev–Trinajstić information content (AvgIpc) is 3.40. The molecular formula is C23H27N3O2S. The Morgan fingerprint density at radius 2 is 1.76 bits per heavy atom. The van der Waals surface area contributed by atoms with Crippen LogP contribution in [0.2, 0.25) is 0 Å². The molecule has 0 bridgehead atoms. The Hall–Kier alpha value is -2.86. The molecule has 0 aliphatic rings. The summed E-state index contributed by atoms with van der Waals surface area (Å²) in [6, 6.07) is 17.6. The lowest BCUT2D eigenvalue weighted by molar-refractivity contribution is -0.133. The summed E-state index contributed by atoms with van der Waals surface area (Å²) in [7, 11) is 1.98. The zero-order chi connectivity index (χ0) is 20.6. The van der Waals surface area contributed by atoms with Crippen molar-refractivity contribution in [3.8, 4) is 0 Å². The molecule has 6 heteroatoms. The van der Waals surface area contributed by atoms with E-state index in [4.69, 9.17) is 0 Å². The maximum Gasteiger partial charge on any atom is 0.264 e. The minimum atomic E-state index is -0.0753. The van der Waals surface area contributed by atoms with Crippen molar-refractivity contribution in [1.82, 2.24) is 14.4 Å². The summed E-state index contributed by atoms with van der Waals surface area (Å²) in [5.74, 6) is -0.123. The lowest BCUT2D eigenvalue weighted by Gasteiger charge is -2.27. The minimum Gasteiger partial charge on any atom is -0.353 e. The first-order chi connectivity index (χ1) is 14.1. The van der Waals surface area contributed by atoms with E-state index in [1.807, 2.05) is 89.6 Å². The molecule has 29 heavy (non-hydrogen) atoms. The third-order valence-corrected chi connectivity index (χ3v) is 5.67. The molecule has 0 atom stereocenters. The van der Waals surface area contributed by atoms with Crippen LogP contribution in [0.25, 0.3) is 0 Å². The Morgan fingerprint density at radius 3 is 2.38 bits per heavy atom. The van der Waals surface area contributed by atoms with Gasteiger partial charge in [-0.15, -0.1) is 11.3 Å². The van der Waals surface area contributed by atoms with Crippen molar-refractivity contribution in [2.24, 2.45) is 7.05 Å². The van der Waals surface area contributed by atoms with Crippen LogP contribution in [0.4, 0.5) is 0 Å². The molecule has 5 nitrogen and oxygen atoms in total. The van der Waals surface area contributed by atoms with Gasteiger partial charge in [0, 0.05) is 32.0 Å². The monoisotopic (exact) mass is 409 g/mol. The fraction of sp³-hybridized carbons (Fsp3) is 0.304. The number of benzene rings is 1. The highest BCUT2D eigenvalue weighted by molar-refractivity contribution is 7.12. The molecule has 152 valence electrons. The quantitative estimate of drug-likeness (QED) is 0.533. The molecule has 1 aromatic carbocycles. The van der Waals surface area contributed by atoms with Crippen LogP contribution in [-0.4, -0.2) is 39.3 Å². The van der Waals surface area contributed by atoms with Gasteiger partial charge in [0.15, 0.2) is 0 Å². The van der Waals surface area contributed by atoms with Gasteiger partial charge in [-0.05, 0) is 35.6 Å². The summed E-state index contributed by atoms with van der Waals surface area (Å²) in [4.78, 5) is 30.3. The maximum absolute atomic E-state index is 13.3. The van der Waals surface area contributed by atoms with Crippen molar-refractivity contribution in [2.45, 2.75) is 26.4 Å². The topological polar surface area (TPSA) is 45.6 Å². The first-order valence-corrected chi connectivity index (χ1v) is 10.7. The summed E-state index contributed by atoms with van der Waals surface area (Å²) in [5.41, 5.74) is 2.13. The Balaban J connectivity index is 1.78. The highest BCUT2D eigenvalue weighted by atomic mass is 32.1. The molecule has 0 N–H and O–H groups in total. The molecule has 0 aliphatic carbocycles. The van der Waals surface area contributed by atoms with E-state index in [0.717, 1.165) is 17.7 Å². The molecule has 2 amide bonds. The number of rotatable bonds is 9. The largest absolute Gasteiger partial charge is 0.353 e. The number of hydrogen-bond acceptors (Lipinski definition) is 3. The van der Waals surface area contributed by atoms with Gasteiger partial charge in [-0.25, -0.2) is 0 Å². The second-order valence-electron chi connectivity index (χ2n) is 7.05. The number of aryl methyl sites for hydroxylation is 1. The number of nitrogens with zero attached hydrogens (tertiary/aromatic N) is 3. The highest BCUT2D eigenvalue weighted by Gasteiger charge is 2.23. The van der Waals surface area contributed by atoms with Crippen molar-refractivity contribution < 1.29 is 9.59 Å². The van der Waals surface area contributed by atoms with Crippen LogP contribution < -0.4 is 0 Å². The van der Waals surface area contributed by atoms with Gasteiger partial charge < -0.3 is 14.4 Å². The number of amides is 2. The second-order valence-corrected chi connectivity index (χ2v) is 8.00. The van der Waals surface area contributed by atoms with Crippen molar-refractivity contribution in [3.63, 3.8) is 0 Å². The summed E-state index contributed by atoms with van der Waals surface area (Å²) in [6.45, 7) is 3.68. The first kappa shape index (κ1) is 20.9. The maximum atomic E-state index is 13.3. The van der Waals surface area contributed by atoms with E-state index in [9.17, 15) is 9.59 Å². The molecule has 3 rings (SSSR count). The first-order valence-electron chi connectivity index (χ1n) is 9.83. The van der Waals surface area contributed by atoms with E-state index in [-0.39, 0.29) is 18.4 Å². The van der Waals surface area contributed by atoms with Crippen molar-refractivity contribution >= 4 is 23.2 Å². The third kappa shape index (κ3) is 5.57. The molecule has 0 spiro atoms. The van der Waals surface area contributed by atoms with Crippen LogP contribution in [0.5, 0.6) is 0 Å². The molecule has 0 aliphatic heterocycles. The lowest BCUT2D eigenvalue weighted by Crippen LogP contribution is -2.42. The third-order valence-electron chi connectivity index (χ3n) is 4.81. The van der Waals surface area contributed by atoms with Gasteiger partial charge >= 0.3 is 0 Å². The number of aromatic nitrogens is 1. The summed E-state index contributed by atoms with van der Waals surface area (Å²) in [6.07, 6.45) is 2.78.